The number of aryl methyl sites for hydroxylation is 1. The van der Waals surface area contributed by atoms with Gasteiger partial charge in [-0.15, -0.1) is 11.3 Å². The number of thiophene rings is 1. The summed E-state index contributed by atoms with van der Waals surface area (Å²) in [6.45, 7) is 28.4. The van der Waals surface area contributed by atoms with Gasteiger partial charge in [-0.2, -0.15) is 0 Å². The van der Waals surface area contributed by atoms with Gasteiger partial charge in [0.05, 0.1) is 181 Å². The highest BCUT2D eigenvalue weighted by atomic mass is 32.1. The van der Waals surface area contributed by atoms with E-state index in [1.807, 2.05) is 32.1 Å². The van der Waals surface area contributed by atoms with Crippen molar-refractivity contribution in [3.8, 4) is 0 Å². The Kier molecular flexibility index (Phi) is 35.6. The molecule has 0 aromatic carbocycles. The molecule has 0 radical (unpaired) electrons. The predicted molar refractivity (Wildman–Crippen MR) is 309 cm³/mol. The molecule has 2 saturated heterocycles. The van der Waals surface area contributed by atoms with Crippen LogP contribution in [0.3, 0.4) is 0 Å². The molecule has 0 saturated carbocycles. The van der Waals surface area contributed by atoms with Crippen molar-refractivity contribution in [2.75, 3.05) is 224 Å². The van der Waals surface area contributed by atoms with Crippen LogP contribution in [0, 0.1) is 5.92 Å². The number of nitrogen functional groups attached to an aromatic ring is 1. The molecule has 0 unspecified atom stereocenters. The molecule has 3 aromatic heterocycles. The highest BCUT2D eigenvalue weighted by molar-refractivity contribution is 7.20. The van der Waals surface area contributed by atoms with Crippen molar-refractivity contribution in [1.82, 2.24) is 29.7 Å². The first-order valence-electron chi connectivity index (χ1n) is 29.6. The maximum absolute atomic E-state index is 11.6. The molecule has 0 spiro atoms. The van der Waals surface area contributed by atoms with Crippen LogP contribution >= 0.6 is 11.3 Å². The van der Waals surface area contributed by atoms with Crippen LogP contribution in [0.1, 0.15) is 82.8 Å². The number of amides is 1. The van der Waals surface area contributed by atoms with Gasteiger partial charge in [0.15, 0.2) is 5.82 Å². The summed E-state index contributed by atoms with van der Waals surface area (Å²) >= 11 is 1.91. The first kappa shape index (κ1) is 67.8. The van der Waals surface area contributed by atoms with Crippen molar-refractivity contribution in [2.45, 2.75) is 90.7 Å². The molecule has 3 N–H and O–H groups in total. The van der Waals surface area contributed by atoms with Crippen LogP contribution in [0.25, 0.3) is 21.3 Å². The van der Waals surface area contributed by atoms with Gasteiger partial charge in [-0.3, -0.25) is 0 Å². The molecule has 23 heteroatoms. The van der Waals surface area contributed by atoms with E-state index in [-0.39, 0.29) is 0 Å². The number of pyridine rings is 1. The zero-order chi connectivity index (χ0) is 56.7. The van der Waals surface area contributed by atoms with Gasteiger partial charge in [-0.05, 0) is 97.0 Å². The van der Waals surface area contributed by atoms with Crippen LogP contribution in [0.4, 0.5) is 10.6 Å². The second-order valence-corrected chi connectivity index (χ2v) is 22.1. The minimum Gasteiger partial charge on any atom is -0.444 e. The van der Waals surface area contributed by atoms with Gasteiger partial charge in [-0.1, -0.05) is 13.3 Å². The molecule has 0 aliphatic carbocycles. The Labute approximate surface area is 480 Å². The average molecular weight is 1160 g/mol. The summed E-state index contributed by atoms with van der Waals surface area (Å²) in [5.74, 6) is 2.76. The third-order valence-corrected chi connectivity index (χ3v) is 14.8. The second kappa shape index (κ2) is 41.9. The van der Waals surface area contributed by atoms with Gasteiger partial charge < -0.3 is 91.7 Å². The zero-order valence-corrected chi connectivity index (χ0v) is 50.2. The van der Waals surface area contributed by atoms with Gasteiger partial charge in [-0.25, -0.2) is 14.8 Å². The number of alkyl carbamates (subject to hydrolysis) is 1. The molecule has 2 aliphatic rings. The number of nitrogens with zero attached hydrogens (tertiary/aromatic N) is 5. The Morgan fingerprint density at radius 2 is 1.04 bits per heavy atom. The highest BCUT2D eigenvalue weighted by Crippen LogP contribution is 2.41. The first-order chi connectivity index (χ1) is 39.1. The van der Waals surface area contributed by atoms with E-state index in [2.05, 4.69) is 32.7 Å². The molecule has 3 aromatic rings. The van der Waals surface area contributed by atoms with Gasteiger partial charge >= 0.3 is 6.09 Å². The minimum absolute atomic E-state index is 0.380. The number of likely N-dealkylation sites (tertiary alicyclic amines) is 2. The molecule has 0 atom stereocenters. The minimum atomic E-state index is -0.518. The third kappa shape index (κ3) is 28.6. The average Bonchev–Trinajstić information content (AvgIpc) is 4.05. The summed E-state index contributed by atoms with van der Waals surface area (Å²) in [5.41, 5.74) is 9.24. The van der Waals surface area contributed by atoms with E-state index in [9.17, 15) is 4.79 Å². The summed E-state index contributed by atoms with van der Waals surface area (Å²) in [5, 5.41) is 2.65. The number of carbonyl (C=O) groups excluding carboxylic acids is 1. The van der Waals surface area contributed by atoms with Crippen molar-refractivity contribution >= 4 is 44.5 Å². The summed E-state index contributed by atoms with van der Waals surface area (Å²) in [4.78, 5) is 28.2. The fraction of sp³-hybridized carbons (Fsp3) is 0.842. The number of methoxy groups -OCH3 is 1. The second-order valence-electron chi connectivity index (χ2n) is 21.0. The number of piperidine rings is 2. The van der Waals surface area contributed by atoms with Crippen LogP contribution in [-0.2, 0) is 79.3 Å². The van der Waals surface area contributed by atoms with Crippen molar-refractivity contribution in [3.05, 3.63) is 16.8 Å². The number of fused-ring (bicyclic) bond motifs is 3. The van der Waals surface area contributed by atoms with E-state index in [0.717, 1.165) is 108 Å². The molecular formula is C57H101N7O15S. The molecule has 2 aliphatic heterocycles. The molecule has 0 bridgehead atoms. The third-order valence-electron chi connectivity index (χ3n) is 13.5. The summed E-state index contributed by atoms with van der Waals surface area (Å²) in [7, 11) is 1.66. The standard InChI is InChI=1S/C57H101N7O15S/c1-6-7-8-51-61-52-53(54-49(60-55(52)58)45-50(80-54)48-11-16-63(17-12-48)19-22-69-27-30-73-34-37-74-32-31-70-24-23-66-5)64(51)46-47-9-14-62(15-10-47)18-21-68-26-29-72-35-38-76-40-42-78-44-43-77-41-39-75-36-33-71-28-25-67-20-13-59-56(65)79-57(2,3)4/h45,47-48H,6-44,46H2,1-5H3,(H2,58,60)(H,59,65). The number of ether oxygens (including phenoxy) is 14. The highest BCUT2D eigenvalue weighted by Gasteiger charge is 2.27. The Morgan fingerprint density at radius 3 is 1.48 bits per heavy atom. The molecule has 5 heterocycles. The number of hydrogen-bond acceptors (Lipinski definition) is 21. The number of nitrogens with one attached hydrogen (secondary N) is 1. The molecular weight excluding hydrogens is 1050 g/mol. The molecule has 2 fully saturated rings. The number of unbranched alkanes of at least 4 members (excludes halogenated alkanes) is 1. The van der Waals surface area contributed by atoms with Crippen molar-refractivity contribution < 1.29 is 71.1 Å². The maximum Gasteiger partial charge on any atom is 0.407 e. The number of imidazole rings is 1. The lowest BCUT2D eigenvalue weighted by molar-refractivity contribution is -0.0235. The SMILES string of the molecule is CCCCc1nc2c(N)nc3cc(C4CCN(CCOCCOCCOCCOCCOC)CC4)sc3c2n1CC1CCN(CCOCCOCCOCCOCCOCCOCCOCCOCCNC(=O)OC(C)(C)C)CC1. The Morgan fingerprint density at radius 1 is 0.613 bits per heavy atom. The molecule has 5 rings (SSSR count). The topological polar surface area (TPSA) is 222 Å². The number of nitrogens with two attached hydrogens (primary N) is 1. The Hall–Kier alpha value is -2.95. The largest absolute Gasteiger partial charge is 0.444 e. The molecule has 22 nitrogen and oxygen atoms in total. The number of anilines is 1. The van der Waals surface area contributed by atoms with Crippen LogP contribution in [0.15, 0.2) is 6.07 Å². The van der Waals surface area contributed by atoms with Gasteiger partial charge in [0, 0.05) is 44.6 Å². The zero-order valence-electron chi connectivity index (χ0n) is 49.4. The van der Waals surface area contributed by atoms with E-state index in [1.54, 1.807) is 7.11 Å². The number of hydrogen-bond donors (Lipinski definition) is 2. The van der Waals surface area contributed by atoms with Gasteiger partial charge in [0.1, 0.15) is 16.9 Å². The van der Waals surface area contributed by atoms with Gasteiger partial charge in [0.2, 0.25) is 0 Å². The van der Waals surface area contributed by atoms with E-state index in [0.29, 0.717) is 189 Å². The lowest BCUT2D eigenvalue weighted by Crippen LogP contribution is -2.37. The number of rotatable bonds is 48. The normalized spacial score (nSPS) is 15.3. The lowest BCUT2D eigenvalue weighted by Gasteiger charge is -2.32. The fourth-order valence-electron chi connectivity index (χ4n) is 9.23. The number of aromatic nitrogens is 3. The smallest absolute Gasteiger partial charge is 0.407 e. The molecule has 80 heavy (non-hydrogen) atoms. The van der Waals surface area contributed by atoms with Crippen LogP contribution in [-0.4, -0.2) is 254 Å². The van der Waals surface area contributed by atoms with Crippen LogP contribution < -0.4 is 11.1 Å². The quantitative estimate of drug-likeness (QED) is 0.0635. The van der Waals surface area contributed by atoms with Crippen molar-refractivity contribution in [2.24, 2.45) is 5.92 Å². The molecule has 460 valence electrons. The summed E-state index contributed by atoms with van der Waals surface area (Å²) in [6, 6.07) is 2.31. The fourth-order valence-corrected chi connectivity index (χ4v) is 10.6. The predicted octanol–water partition coefficient (Wildman–Crippen LogP) is 5.83. The first-order valence-corrected chi connectivity index (χ1v) is 30.4. The lowest BCUT2D eigenvalue weighted by atomic mass is 9.95. The Balaban J connectivity index is 0.845. The number of carbonyl (C=O) groups is 1. The van der Waals surface area contributed by atoms with Gasteiger partial charge in [0.25, 0.3) is 0 Å². The summed E-state index contributed by atoms with van der Waals surface area (Å²) in [6.07, 6.45) is 7.23. The van der Waals surface area contributed by atoms with Crippen molar-refractivity contribution in [1.29, 1.82) is 0 Å². The Bertz CT molecular complexity index is 2030. The maximum atomic E-state index is 11.6. The van der Waals surface area contributed by atoms with E-state index < -0.39 is 11.7 Å². The molecule has 1 amide bonds. The van der Waals surface area contributed by atoms with Crippen LogP contribution in [0.5, 0.6) is 0 Å². The summed E-state index contributed by atoms with van der Waals surface area (Å²) < 4.78 is 81.2. The van der Waals surface area contributed by atoms with Crippen molar-refractivity contribution in [3.63, 3.8) is 0 Å². The van der Waals surface area contributed by atoms with Crippen LogP contribution in [0.2, 0.25) is 0 Å². The van der Waals surface area contributed by atoms with E-state index in [4.69, 9.17) is 82.0 Å². The monoisotopic (exact) mass is 1160 g/mol. The van der Waals surface area contributed by atoms with E-state index in [1.165, 1.54) is 15.1 Å². The van der Waals surface area contributed by atoms with E-state index >= 15 is 0 Å².